The predicted molar refractivity (Wildman–Crippen MR) is 154 cm³/mol. The normalized spacial score (nSPS) is 11.2. The first kappa shape index (κ1) is 27.3. The molecule has 0 aromatic heterocycles. The van der Waals surface area contributed by atoms with Gasteiger partial charge in [0.1, 0.15) is 17.2 Å². The van der Waals surface area contributed by atoms with E-state index in [1.54, 1.807) is 30.3 Å². The fourth-order valence-electron chi connectivity index (χ4n) is 4.11. The summed E-state index contributed by atoms with van der Waals surface area (Å²) in [5.74, 6) is -0.240. The van der Waals surface area contributed by atoms with Crippen molar-refractivity contribution in [1.29, 1.82) is 0 Å². The van der Waals surface area contributed by atoms with Crippen LogP contribution < -0.4 is 14.4 Å². The summed E-state index contributed by atoms with van der Waals surface area (Å²) < 4.78 is 34.6. The number of hydrogen-bond acceptors (Lipinski definition) is 5. The highest BCUT2D eigenvalue weighted by Crippen LogP contribution is 2.34. The van der Waals surface area contributed by atoms with Crippen molar-refractivity contribution >= 4 is 39.1 Å². The molecule has 0 bridgehead atoms. The summed E-state index contributed by atoms with van der Waals surface area (Å²) in [6, 6.07) is 27.8. The summed E-state index contributed by atoms with van der Waals surface area (Å²) in [4.78, 5) is 15.3. The van der Waals surface area contributed by atoms with E-state index in [0.29, 0.717) is 11.4 Å². The lowest BCUT2D eigenvalue weighted by atomic mass is 10.1. The maximum atomic E-state index is 14.0. The molecule has 4 aromatic carbocycles. The minimum Gasteiger partial charge on any atom is -0.495 e. The molecule has 4 aromatic rings. The van der Waals surface area contributed by atoms with Crippen LogP contribution in [-0.2, 0) is 14.8 Å². The van der Waals surface area contributed by atoms with Gasteiger partial charge in [-0.15, -0.1) is 0 Å². The second-order valence-corrected chi connectivity index (χ2v) is 11.9. The number of carbonyl (C=O) groups is 1. The van der Waals surface area contributed by atoms with E-state index in [1.807, 2.05) is 81.4 Å². The lowest BCUT2D eigenvalue weighted by molar-refractivity contribution is -0.114. The summed E-state index contributed by atoms with van der Waals surface area (Å²) in [5, 5.41) is 2.93. The maximum Gasteiger partial charge on any atom is 0.268 e. The summed E-state index contributed by atoms with van der Waals surface area (Å²) in [6.45, 7) is 5.19. The Labute approximate surface area is 228 Å². The molecule has 1 N–H and O–H groups in total. The first-order chi connectivity index (χ1) is 18.2. The lowest BCUT2D eigenvalue weighted by Gasteiger charge is -2.26. The second-order valence-electron chi connectivity index (χ2n) is 8.97. The van der Waals surface area contributed by atoms with Gasteiger partial charge in [-0.3, -0.25) is 9.10 Å². The van der Waals surface area contributed by atoms with Crippen molar-refractivity contribution < 1.29 is 17.9 Å². The Balaban J connectivity index is 1.70. The van der Waals surface area contributed by atoms with Crippen molar-refractivity contribution in [2.45, 2.75) is 35.5 Å². The van der Waals surface area contributed by atoms with Crippen molar-refractivity contribution in [3.63, 3.8) is 0 Å². The van der Waals surface area contributed by atoms with Crippen LogP contribution in [0.5, 0.6) is 5.75 Å². The summed E-state index contributed by atoms with van der Waals surface area (Å²) in [6.07, 6.45) is 0. The molecule has 1 amide bonds. The van der Waals surface area contributed by atoms with Gasteiger partial charge in [-0.2, -0.15) is 0 Å². The first-order valence-corrected chi connectivity index (χ1v) is 14.3. The van der Waals surface area contributed by atoms with E-state index in [1.165, 1.54) is 18.9 Å². The van der Waals surface area contributed by atoms with Gasteiger partial charge in [0.25, 0.3) is 10.0 Å². The van der Waals surface area contributed by atoms with Gasteiger partial charge in [-0.25, -0.2) is 8.42 Å². The number of carbonyl (C=O) groups excluding carboxylic acids is 1. The molecule has 6 nitrogen and oxygen atoms in total. The molecule has 0 fully saturated rings. The zero-order valence-corrected chi connectivity index (χ0v) is 23.4. The fourth-order valence-corrected chi connectivity index (χ4v) is 6.68. The second kappa shape index (κ2) is 11.8. The third kappa shape index (κ3) is 6.38. The van der Waals surface area contributed by atoms with E-state index in [-0.39, 0.29) is 10.6 Å². The molecule has 38 heavy (non-hydrogen) atoms. The number of rotatable bonds is 9. The predicted octanol–water partition coefficient (Wildman–Crippen LogP) is 6.61. The van der Waals surface area contributed by atoms with Gasteiger partial charge in [-0.1, -0.05) is 54.2 Å². The quantitative estimate of drug-likeness (QED) is 0.256. The summed E-state index contributed by atoms with van der Waals surface area (Å²) >= 11 is 1.52. The highest BCUT2D eigenvalue weighted by atomic mass is 32.2. The zero-order valence-electron chi connectivity index (χ0n) is 21.8. The van der Waals surface area contributed by atoms with Gasteiger partial charge in [0.05, 0.1) is 18.5 Å². The van der Waals surface area contributed by atoms with Crippen molar-refractivity contribution in [3.05, 3.63) is 108 Å². The Morgan fingerprint density at radius 2 is 1.50 bits per heavy atom. The molecule has 0 saturated carbocycles. The third-order valence-corrected chi connectivity index (χ3v) is 8.68. The number of nitrogens with one attached hydrogen (secondary N) is 1. The number of hydrogen-bond donors (Lipinski definition) is 1. The van der Waals surface area contributed by atoms with Crippen molar-refractivity contribution in [2.24, 2.45) is 0 Å². The Kier molecular flexibility index (Phi) is 8.44. The molecule has 196 valence electrons. The van der Waals surface area contributed by atoms with E-state index in [2.05, 4.69) is 5.32 Å². The average Bonchev–Trinajstić information content (AvgIpc) is 2.88. The molecule has 8 heteroatoms. The van der Waals surface area contributed by atoms with Gasteiger partial charge in [-0.05, 0) is 86.0 Å². The number of aryl methyl sites for hydroxylation is 3. The molecule has 0 saturated heterocycles. The number of anilines is 2. The van der Waals surface area contributed by atoms with Crippen LogP contribution in [0.2, 0.25) is 0 Å². The van der Waals surface area contributed by atoms with E-state index < -0.39 is 22.5 Å². The Bertz CT molecular complexity index is 1530. The topological polar surface area (TPSA) is 75.7 Å². The minimum atomic E-state index is -4.16. The van der Waals surface area contributed by atoms with Crippen LogP contribution in [0.1, 0.15) is 16.7 Å². The van der Waals surface area contributed by atoms with E-state index >= 15 is 0 Å². The monoisotopic (exact) mass is 546 g/mol. The number of ether oxygens (including phenoxy) is 1. The average molecular weight is 547 g/mol. The van der Waals surface area contributed by atoms with Gasteiger partial charge in [0.15, 0.2) is 0 Å². The smallest absolute Gasteiger partial charge is 0.268 e. The zero-order chi connectivity index (χ0) is 27.3. The Morgan fingerprint density at radius 3 is 2.18 bits per heavy atom. The van der Waals surface area contributed by atoms with Crippen LogP contribution in [0.3, 0.4) is 0 Å². The molecule has 0 spiro atoms. The van der Waals surface area contributed by atoms with Gasteiger partial charge in [0.2, 0.25) is 5.91 Å². The van der Waals surface area contributed by atoms with Crippen LogP contribution >= 0.6 is 11.8 Å². The van der Waals surface area contributed by atoms with Crippen LogP contribution in [0.15, 0.2) is 106 Å². The van der Waals surface area contributed by atoms with E-state index in [9.17, 15) is 13.2 Å². The number of methoxy groups -OCH3 is 1. The van der Waals surface area contributed by atoms with Crippen LogP contribution in [0.25, 0.3) is 0 Å². The molecule has 0 radical (unpaired) electrons. The Hall–Kier alpha value is -3.75. The third-order valence-electron chi connectivity index (χ3n) is 5.80. The standard InChI is InChI=1S/C30H30N2O4S2/c1-21-14-15-27(36-4)29(19-21)38(34,35)32(24-17-22(2)16-23(3)18-24)20-30(33)31-26-12-8-9-13-28(26)37-25-10-6-5-7-11-25/h5-19H,20H2,1-4H3,(H,31,33). The molecule has 0 aliphatic rings. The number of amides is 1. The van der Waals surface area contributed by atoms with Crippen molar-refractivity contribution in [3.8, 4) is 5.75 Å². The molecular weight excluding hydrogens is 516 g/mol. The lowest BCUT2D eigenvalue weighted by Crippen LogP contribution is -2.38. The molecule has 0 heterocycles. The number of sulfonamides is 1. The van der Waals surface area contributed by atoms with Crippen LogP contribution in [0.4, 0.5) is 11.4 Å². The number of nitrogens with zero attached hydrogens (tertiary/aromatic N) is 1. The first-order valence-electron chi connectivity index (χ1n) is 12.0. The molecule has 4 rings (SSSR count). The molecule has 0 aliphatic carbocycles. The molecule has 0 aliphatic heterocycles. The maximum absolute atomic E-state index is 14.0. The van der Waals surface area contributed by atoms with Crippen LogP contribution in [-0.4, -0.2) is 28.0 Å². The van der Waals surface area contributed by atoms with E-state index in [4.69, 9.17) is 4.74 Å². The molecular formula is C30H30N2O4S2. The van der Waals surface area contributed by atoms with Gasteiger partial charge >= 0.3 is 0 Å². The van der Waals surface area contributed by atoms with Crippen molar-refractivity contribution in [2.75, 3.05) is 23.3 Å². The molecule has 0 atom stereocenters. The van der Waals surface area contributed by atoms with Gasteiger partial charge in [0, 0.05) is 9.79 Å². The largest absolute Gasteiger partial charge is 0.495 e. The number of benzene rings is 4. The van der Waals surface area contributed by atoms with E-state index in [0.717, 1.165) is 30.8 Å². The van der Waals surface area contributed by atoms with Crippen molar-refractivity contribution in [1.82, 2.24) is 0 Å². The summed E-state index contributed by atoms with van der Waals surface area (Å²) in [5.41, 5.74) is 3.56. The minimum absolute atomic E-state index is 0.00647. The number of para-hydroxylation sites is 1. The fraction of sp³-hybridized carbons (Fsp3) is 0.167. The van der Waals surface area contributed by atoms with Crippen LogP contribution in [0, 0.1) is 20.8 Å². The highest BCUT2D eigenvalue weighted by molar-refractivity contribution is 7.99. The molecule has 0 unspecified atom stereocenters. The highest BCUT2D eigenvalue weighted by Gasteiger charge is 2.30. The summed E-state index contributed by atoms with van der Waals surface area (Å²) in [7, 11) is -2.73. The Morgan fingerprint density at radius 1 is 0.842 bits per heavy atom. The SMILES string of the molecule is COc1ccc(C)cc1S(=O)(=O)N(CC(=O)Nc1ccccc1Sc1ccccc1)c1cc(C)cc(C)c1. The van der Waals surface area contributed by atoms with Gasteiger partial charge < -0.3 is 10.1 Å².